The van der Waals surface area contributed by atoms with E-state index < -0.39 is 0 Å². The highest BCUT2D eigenvalue weighted by molar-refractivity contribution is 4.90. The molecule has 1 aromatic heterocycles. The van der Waals surface area contributed by atoms with Gasteiger partial charge in [0.2, 0.25) is 5.89 Å². The van der Waals surface area contributed by atoms with Gasteiger partial charge in [-0.1, -0.05) is 5.16 Å². The summed E-state index contributed by atoms with van der Waals surface area (Å²) < 4.78 is 10.7. The summed E-state index contributed by atoms with van der Waals surface area (Å²) in [7, 11) is 0. The molecule has 5 heteroatoms. The minimum Gasteiger partial charge on any atom is -0.378 e. The van der Waals surface area contributed by atoms with Gasteiger partial charge in [0.1, 0.15) is 0 Å². The van der Waals surface area contributed by atoms with E-state index in [-0.39, 0.29) is 12.1 Å². The van der Waals surface area contributed by atoms with Crippen LogP contribution in [-0.2, 0) is 17.6 Å². The topological polar surface area (TPSA) is 74.2 Å². The van der Waals surface area contributed by atoms with E-state index in [4.69, 9.17) is 15.0 Å². The maximum absolute atomic E-state index is 5.69. The minimum atomic E-state index is 0.240. The number of nitrogens with two attached hydrogens (primary N) is 1. The SMILES string of the molecule is CC(N)CCCc1nc(CC2CCCO2)no1. The largest absolute Gasteiger partial charge is 0.378 e. The lowest BCUT2D eigenvalue weighted by Crippen LogP contribution is -2.14. The number of hydrogen-bond acceptors (Lipinski definition) is 5. The molecular weight excluding hydrogens is 218 g/mol. The Hall–Kier alpha value is -0.940. The third-order valence-corrected chi connectivity index (χ3v) is 2.99. The maximum Gasteiger partial charge on any atom is 0.226 e. The van der Waals surface area contributed by atoms with Crippen LogP contribution in [0, 0.1) is 0 Å². The smallest absolute Gasteiger partial charge is 0.226 e. The van der Waals surface area contributed by atoms with E-state index in [1.54, 1.807) is 0 Å². The Balaban J connectivity index is 1.75. The summed E-state index contributed by atoms with van der Waals surface area (Å²) in [5, 5.41) is 3.98. The maximum atomic E-state index is 5.69. The average Bonchev–Trinajstić information content (AvgIpc) is 2.90. The van der Waals surface area contributed by atoms with Crippen LogP contribution in [0.1, 0.15) is 44.3 Å². The zero-order chi connectivity index (χ0) is 12.1. The second-order valence-corrected chi connectivity index (χ2v) is 4.81. The van der Waals surface area contributed by atoms with Crippen molar-refractivity contribution >= 4 is 0 Å². The molecule has 1 aromatic rings. The average molecular weight is 239 g/mol. The quantitative estimate of drug-likeness (QED) is 0.813. The van der Waals surface area contributed by atoms with Crippen molar-refractivity contribution in [3.8, 4) is 0 Å². The molecule has 1 saturated heterocycles. The van der Waals surface area contributed by atoms with Crippen molar-refractivity contribution in [2.24, 2.45) is 5.73 Å². The van der Waals surface area contributed by atoms with Gasteiger partial charge in [-0.25, -0.2) is 0 Å². The third-order valence-electron chi connectivity index (χ3n) is 2.99. The van der Waals surface area contributed by atoms with E-state index in [2.05, 4.69) is 10.1 Å². The van der Waals surface area contributed by atoms with Crippen LogP contribution in [0.5, 0.6) is 0 Å². The molecule has 0 amide bonds. The van der Waals surface area contributed by atoms with Gasteiger partial charge in [0.05, 0.1) is 6.10 Å². The molecule has 2 heterocycles. The molecule has 1 fully saturated rings. The molecule has 1 aliphatic rings. The van der Waals surface area contributed by atoms with Crippen LogP contribution in [0.15, 0.2) is 4.52 Å². The predicted molar refractivity (Wildman–Crippen MR) is 63.6 cm³/mol. The monoisotopic (exact) mass is 239 g/mol. The molecule has 5 nitrogen and oxygen atoms in total. The van der Waals surface area contributed by atoms with Gasteiger partial charge in [0.15, 0.2) is 5.82 Å². The number of nitrogens with zero attached hydrogens (tertiary/aromatic N) is 2. The van der Waals surface area contributed by atoms with Crippen molar-refractivity contribution in [3.05, 3.63) is 11.7 Å². The van der Waals surface area contributed by atoms with Gasteiger partial charge < -0.3 is 15.0 Å². The molecule has 0 aromatic carbocycles. The number of ether oxygens (including phenoxy) is 1. The molecule has 96 valence electrons. The molecule has 17 heavy (non-hydrogen) atoms. The summed E-state index contributed by atoms with van der Waals surface area (Å²) in [6, 6.07) is 0.240. The first-order chi connectivity index (χ1) is 8.24. The fourth-order valence-electron chi connectivity index (χ4n) is 2.06. The predicted octanol–water partition coefficient (Wildman–Crippen LogP) is 1.46. The summed E-state index contributed by atoms with van der Waals surface area (Å²) in [5.74, 6) is 1.49. The molecule has 1 aliphatic heterocycles. The van der Waals surface area contributed by atoms with Gasteiger partial charge >= 0.3 is 0 Å². The van der Waals surface area contributed by atoms with E-state index in [0.29, 0.717) is 0 Å². The van der Waals surface area contributed by atoms with E-state index in [1.807, 2.05) is 6.92 Å². The third kappa shape index (κ3) is 4.09. The normalized spacial score (nSPS) is 21.9. The van der Waals surface area contributed by atoms with E-state index in [0.717, 1.165) is 56.8 Å². The zero-order valence-corrected chi connectivity index (χ0v) is 10.4. The van der Waals surface area contributed by atoms with Crippen LogP contribution < -0.4 is 5.73 Å². The summed E-state index contributed by atoms with van der Waals surface area (Å²) >= 11 is 0. The van der Waals surface area contributed by atoms with E-state index in [9.17, 15) is 0 Å². The zero-order valence-electron chi connectivity index (χ0n) is 10.4. The summed E-state index contributed by atoms with van der Waals surface area (Å²) in [5.41, 5.74) is 5.69. The molecule has 2 N–H and O–H groups in total. The van der Waals surface area contributed by atoms with Gasteiger partial charge in [-0.2, -0.15) is 4.98 Å². The standard InChI is InChI=1S/C12H21N3O2/c1-9(13)4-2-6-12-14-11(15-17-12)8-10-5-3-7-16-10/h9-10H,2-8,13H2,1H3. The van der Waals surface area contributed by atoms with Gasteiger partial charge in [0, 0.05) is 25.5 Å². The van der Waals surface area contributed by atoms with Crippen molar-refractivity contribution < 1.29 is 9.26 Å². The highest BCUT2D eigenvalue weighted by atomic mass is 16.5. The molecule has 0 spiro atoms. The van der Waals surface area contributed by atoms with Crippen LogP contribution in [0.3, 0.4) is 0 Å². The first-order valence-corrected chi connectivity index (χ1v) is 6.42. The van der Waals surface area contributed by atoms with Crippen LogP contribution >= 0.6 is 0 Å². The molecule has 0 bridgehead atoms. The van der Waals surface area contributed by atoms with Crippen molar-refractivity contribution in [3.63, 3.8) is 0 Å². The molecule has 0 saturated carbocycles. The highest BCUT2D eigenvalue weighted by Gasteiger charge is 2.18. The lowest BCUT2D eigenvalue weighted by molar-refractivity contribution is 0.109. The van der Waals surface area contributed by atoms with E-state index >= 15 is 0 Å². The Bertz CT molecular complexity index is 332. The van der Waals surface area contributed by atoms with Gasteiger partial charge in [-0.05, 0) is 32.6 Å². The summed E-state index contributed by atoms with van der Waals surface area (Å²) in [4.78, 5) is 4.37. The fourth-order valence-corrected chi connectivity index (χ4v) is 2.06. The van der Waals surface area contributed by atoms with Crippen LogP contribution in [-0.4, -0.2) is 28.9 Å². The lowest BCUT2D eigenvalue weighted by Gasteiger charge is -2.04. The molecule has 2 atom stereocenters. The van der Waals surface area contributed by atoms with E-state index in [1.165, 1.54) is 0 Å². The molecule has 0 radical (unpaired) electrons. The lowest BCUT2D eigenvalue weighted by atomic mass is 10.1. The van der Waals surface area contributed by atoms with Crippen molar-refractivity contribution in [2.45, 2.75) is 57.6 Å². The van der Waals surface area contributed by atoms with Crippen molar-refractivity contribution in [2.75, 3.05) is 6.61 Å². The molecular formula is C12H21N3O2. The first kappa shape index (κ1) is 12.5. The Labute approximate surface area is 102 Å². The molecule has 2 unspecified atom stereocenters. The number of rotatable bonds is 6. The van der Waals surface area contributed by atoms with Crippen LogP contribution in [0.25, 0.3) is 0 Å². The van der Waals surface area contributed by atoms with Gasteiger partial charge in [-0.15, -0.1) is 0 Å². The second kappa shape index (κ2) is 6.12. The van der Waals surface area contributed by atoms with Crippen molar-refractivity contribution in [1.82, 2.24) is 10.1 Å². The summed E-state index contributed by atoms with van der Waals surface area (Å²) in [6.07, 6.45) is 6.11. The van der Waals surface area contributed by atoms with Gasteiger partial charge in [-0.3, -0.25) is 0 Å². The molecule has 2 rings (SSSR count). The number of hydrogen-bond donors (Lipinski definition) is 1. The van der Waals surface area contributed by atoms with Crippen LogP contribution in [0.2, 0.25) is 0 Å². The fraction of sp³-hybridized carbons (Fsp3) is 0.833. The Kier molecular flexibility index (Phi) is 4.50. The van der Waals surface area contributed by atoms with Crippen LogP contribution in [0.4, 0.5) is 0 Å². The Morgan fingerprint density at radius 3 is 3.12 bits per heavy atom. The number of aryl methyl sites for hydroxylation is 1. The Morgan fingerprint density at radius 1 is 1.53 bits per heavy atom. The van der Waals surface area contributed by atoms with Crippen molar-refractivity contribution in [1.29, 1.82) is 0 Å². The van der Waals surface area contributed by atoms with Gasteiger partial charge in [0.25, 0.3) is 0 Å². The summed E-state index contributed by atoms with van der Waals surface area (Å²) in [6.45, 7) is 2.88. The minimum absolute atomic E-state index is 0.240. The highest BCUT2D eigenvalue weighted by Crippen LogP contribution is 2.16. The first-order valence-electron chi connectivity index (χ1n) is 6.42. The number of aromatic nitrogens is 2. The Morgan fingerprint density at radius 2 is 2.41 bits per heavy atom. The molecule has 0 aliphatic carbocycles. The second-order valence-electron chi connectivity index (χ2n) is 4.81.